The number of benzene rings is 3. The van der Waals surface area contributed by atoms with Gasteiger partial charge in [0.15, 0.2) is 0 Å². The molecule has 1 saturated heterocycles. The molecule has 1 unspecified atom stereocenters. The third kappa shape index (κ3) is 3.98. The van der Waals surface area contributed by atoms with Crippen LogP contribution in [-0.4, -0.2) is 38.5 Å². The highest BCUT2D eigenvalue weighted by atomic mass is 28.3. The quantitative estimate of drug-likeness (QED) is 0.364. The first-order valence-corrected chi connectivity index (χ1v) is 12.7. The molecule has 0 radical (unpaired) electrons. The second-order valence-electron chi connectivity index (χ2n) is 7.97. The number of hydrogen-bond donors (Lipinski definition) is 0. The lowest BCUT2D eigenvalue weighted by Gasteiger charge is -2.46. The molecule has 0 N–H and O–H groups in total. The maximum atomic E-state index is 11.7. The highest BCUT2D eigenvalue weighted by Gasteiger charge is 2.46. The Labute approximate surface area is 180 Å². The molecular weight excluding hydrogens is 386 g/mol. The molecule has 0 amide bonds. The number of hydrogen-bond acceptors (Lipinski definition) is 3. The lowest BCUT2D eigenvalue weighted by atomic mass is 10.1. The first kappa shape index (κ1) is 20.6. The van der Waals surface area contributed by atoms with Gasteiger partial charge >= 0.3 is 5.97 Å². The number of cyclic esters (lactones) is 1. The van der Waals surface area contributed by atoms with Crippen LogP contribution in [0.5, 0.6) is 0 Å². The summed E-state index contributed by atoms with van der Waals surface area (Å²) in [6.07, 6.45) is 3.26. The van der Waals surface area contributed by atoms with E-state index < -0.39 is 8.24 Å². The van der Waals surface area contributed by atoms with Gasteiger partial charge in [-0.25, -0.2) is 0 Å². The third-order valence-corrected chi connectivity index (χ3v) is 11.2. The standard InChI is InChI=1S/C26H29NO2Si/c1-27(22-12-11-19-26(28)29-21-20-22)30(23-13-5-2-6-14-23,24-15-7-3-8-16-24)25-17-9-4-10-18-25/h2-10,13-18,22H,11-12,19-21H2,1H3. The molecule has 1 fully saturated rings. The van der Waals surface area contributed by atoms with Gasteiger partial charge in [-0.2, -0.15) is 0 Å². The lowest BCUT2D eigenvalue weighted by molar-refractivity contribution is -0.144. The molecule has 1 atom stereocenters. The Morgan fingerprint density at radius 1 is 0.767 bits per heavy atom. The van der Waals surface area contributed by atoms with Crippen molar-refractivity contribution >= 4 is 29.8 Å². The van der Waals surface area contributed by atoms with Crippen molar-refractivity contribution in [1.29, 1.82) is 0 Å². The number of esters is 1. The fourth-order valence-electron chi connectivity index (χ4n) is 4.82. The van der Waals surface area contributed by atoms with Gasteiger partial charge in [0.25, 0.3) is 0 Å². The monoisotopic (exact) mass is 415 g/mol. The zero-order chi connectivity index (χ0) is 20.8. The minimum atomic E-state index is -2.48. The second kappa shape index (κ2) is 9.41. The Kier molecular flexibility index (Phi) is 6.46. The molecule has 0 spiro atoms. The third-order valence-electron chi connectivity index (χ3n) is 6.28. The van der Waals surface area contributed by atoms with Gasteiger partial charge in [0.1, 0.15) is 0 Å². The number of ether oxygens (including phenoxy) is 1. The van der Waals surface area contributed by atoms with E-state index in [4.69, 9.17) is 4.74 Å². The zero-order valence-electron chi connectivity index (χ0n) is 17.5. The van der Waals surface area contributed by atoms with E-state index in [9.17, 15) is 4.79 Å². The number of carbonyl (C=O) groups excluding carboxylic acids is 1. The van der Waals surface area contributed by atoms with E-state index in [1.807, 2.05) is 0 Å². The van der Waals surface area contributed by atoms with E-state index in [0.29, 0.717) is 19.1 Å². The minimum Gasteiger partial charge on any atom is -0.466 e. The molecule has 1 aliphatic heterocycles. The summed E-state index contributed by atoms with van der Waals surface area (Å²) >= 11 is 0. The number of nitrogens with zero attached hydrogens (tertiary/aromatic N) is 1. The first-order chi connectivity index (χ1) is 14.7. The molecule has 0 bridgehead atoms. The summed E-state index contributed by atoms with van der Waals surface area (Å²) in [6, 6.07) is 33.2. The summed E-state index contributed by atoms with van der Waals surface area (Å²) in [5.41, 5.74) is 0. The van der Waals surface area contributed by atoms with Crippen molar-refractivity contribution in [2.75, 3.05) is 13.7 Å². The van der Waals surface area contributed by atoms with Crippen LogP contribution in [0.1, 0.15) is 25.7 Å². The lowest BCUT2D eigenvalue weighted by Crippen LogP contribution is -2.78. The molecule has 30 heavy (non-hydrogen) atoms. The van der Waals surface area contributed by atoms with Crippen LogP contribution in [0.15, 0.2) is 91.0 Å². The van der Waals surface area contributed by atoms with Gasteiger partial charge in [-0.1, -0.05) is 91.0 Å². The van der Waals surface area contributed by atoms with Crippen LogP contribution in [0, 0.1) is 0 Å². The summed E-state index contributed by atoms with van der Waals surface area (Å²) in [5.74, 6) is -0.0613. The molecular formula is C26H29NO2Si. The maximum absolute atomic E-state index is 11.7. The second-order valence-corrected chi connectivity index (χ2v) is 11.8. The molecule has 4 rings (SSSR count). The van der Waals surface area contributed by atoms with Crippen LogP contribution in [0.4, 0.5) is 0 Å². The van der Waals surface area contributed by atoms with Gasteiger partial charge in [0.05, 0.1) is 6.61 Å². The summed E-state index contributed by atoms with van der Waals surface area (Å²) < 4.78 is 8.09. The predicted molar refractivity (Wildman–Crippen MR) is 125 cm³/mol. The van der Waals surface area contributed by atoms with Gasteiger partial charge in [0, 0.05) is 12.5 Å². The Morgan fingerprint density at radius 3 is 1.70 bits per heavy atom. The van der Waals surface area contributed by atoms with Crippen molar-refractivity contribution in [3.63, 3.8) is 0 Å². The average molecular weight is 416 g/mol. The van der Waals surface area contributed by atoms with Crippen molar-refractivity contribution in [2.24, 2.45) is 0 Å². The van der Waals surface area contributed by atoms with E-state index >= 15 is 0 Å². The van der Waals surface area contributed by atoms with E-state index in [1.54, 1.807) is 0 Å². The molecule has 1 heterocycles. The number of carbonyl (C=O) groups is 1. The highest BCUT2D eigenvalue weighted by molar-refractivity contribution is 7.09. The largest absolute Gasteiger partial charge is 0.466 e. The summed E-state index contributed by atoms with van der Waals surface area (Å²) in [7, 11) is -0.193. The van der Waals surface area contributed by atoms with Crippen molar-refractivity contribution in [1.82, 2.24) is 4.57 Å². The number of rotatable bonds is 5. The van der Waals surface area contributed by atoms with Gasteiger partial charge in [-0.05, 0) is 41.9 Å². The van der Waals surface area contributed by atoms with Crippen LogP contribution in [-0.2, 0) is 9.53 Å². The van der Waals surface area contributed by atoms with Gasteiger partial charge < -0.3 is 9.30 Å². The van der Waals surface area contributed by atoms with E-state index in [1.165, 1.54) is 15.6 Å². The molecule has 154 valence electrons. The summed E-state index contributed by atoms with van der Waals surface area (Å²) in [5, 5.41) is 4.14. The highest BCUT2D eigenvalue weighted by Crippen LogP contribution is 2.22. The molecule has 0 aliphatic carbocycles. The van der Waals surface area contributed by atoms with Crippen LogP contribution >= 0.6 is 0 Å². The maximum Gasteiger partial charge on any atom is 0.305 e. The fraction of sp³-hybridized carbons (Fsp3) is 0.269. The van der Waals surface area contributed by atoms with Crippen LogP contribution in [0.3, 0.4) is 0 Å². The SMILES string of the molecule is CN(C1CCCC(=O)OCC1)[Si](c1ccccc1)(c1ccccc1)c1ccccc1. The molecule has 4 heteroatoms. The Balaban J connectivity index is 1.89. The van der Waals surface area contributed by atoms with Crippen molar-refractivity contribution in [3.8, 4) is 0 Å². The van der Waals surface area contributed by atoms with E-state index in [0.717, 1.165) is 19.3 Å². The first-order valence-electron chi connectivity index (χ1n) is 10.8. The summed E-state index contributed by atoms with van der Waals surface area (Å²) in [6.45, 7) is 0.497. The molecule has 3 nitrogen and oxygen atoms in total. The molecule has 0 saturated carbocycles. The smallest absolute Gasteiger partial charge is 0.305 e. The molecule has 3 aromatic carbocycles. The molecule has 1 aliphatic rings. The minimum absolute atomic E-state index is 0.0613. The van der Waals surface area contributed by atoms with Crippen LogP contribution < -0.4 is 15.6 Å². The summed E-state index contributed by atoms with van der Waals surface area (Å²) in [4.78, 5) is 11.7. The molecule has 0 aromatic heterocycles. The van der Waals surface area contributed by atoms with E-state index in [2.05, 4.69) is 103 Å². The molecule has 3 aromatic rings. The van der Waals surface area contributed by atoms with Gasteiger partial charge in [-0.3, -0.25) is 4.79 Å². The van der Waals surface area contributed by atoms with Crippen molar-refractivity contribution in [2.45, 2.75) is 31.7 Å². The van der Waals surface area contributed by atoms with Crippen molar-refractivity contribution in [3.05, 3.63) is 91.0 Å². The van der Waals surface area contributed by atoms with E-state index in [-0.39, 0.29) is 5.97 Å². The van der Waals surface area contributed by atoms with Crippen LogP contribution in [0.25, 0.3) is 0 Å². The Bertz CT molecular complexity index is 838. The Morgan fingerprint density at radius 2 is 1.23 bits per heavy atom. The van der Waals surface area contributed by atoms with Gasteiger partial charge in [-0.15, -0.1) is 0 Å². The van der Waals surface area contributed by atoms with Gasteiger partial charge in [0.2, 0.25) is 8.24 Å². The van der Waals surface area contributed by atoms with Crippen molar-refractivity contribution < 1.29 is 9.53 Å². The normalized spacial score (nSPS) is 17.8. The Hall–Kier alpha value is -2.69. The predicted octanol–water partition coefficient (Wildman–Crippen LogP) is 3.07. The average Bonchev–Trinajstić information content (AvgIpc) is 2.79. The van der Waals surface area contributed by atoms with Crippen LogP contribution in [0.2, 0.25) is 0 Å². The topological polar surface area (TPSA) is 29.5 Å². The zero-order valence-corrected chi connectivity index (χ0v) is 18.5. The fourth-order valence-corrected chi connectivity index (χ4v) is 9.87.